The lowest BCUT2D eigenvalue weighted by atomic mass is 10.2. The second kappa shape index (κ2) is 5.38. The summed E-state index contributed by atoms with van der Waals surface area (Å²) >= 11 is 6.10. The molecule has 0 aliphatic rings. The van der Waals surface area contributed by atoms with Gasteiger partial charge in [0.05, 0.1) is 17.1 Å². The maximum absolute atomic E-state index is 9.02. The predicted molar refractivity (Wildman–Crippen MR) is 76.8 cm³/mol. The van der Waals surface area contributed by atoms with Crippen LogP contribution in [0.5, 0.6) is 5.75 Å². The van der Waals surface area contributed by atoms with E-state index < -0.39 is 0 Å². The largest absolute Gasteiger partial charge is 0.484 e. The summed E-state index contributed by atoms with van der Waals surface area (Å²) in [7, 11) is 1.78. The molecule has 0 spiro atoms. The number of nitrogens with zero attached hydrogens (tertiary/aromatic N) is 5. The lowest BCUT2D eigenvalue weighted by Crippen LogP contribution is -2.04. The van der Waals surface area contributed by atoms with E-state index in [4.69, 9.17) is 21.6 Å². The second-order valence-corrected chi connectivity index (χ2v) is 4.69. The molecule has 6 nitrogen and oxygen atoms in total. The van der Waals surface area contributed by atoms with Gasteiger partial charge in [0.1, 0.15) is 23.6 Å². The molecule has 21 heavy (non-hydrogen) atoms. The van der Waals surface area contributed by atoms with E-state index in [1.54, 1.807) is 42.2 Å². The van der Waals surface area contributed by atoms with Crippen LogP contribution in [0.4, 0.5) is 0 Å². The molecule has 0 unspecified atom stereocenters. The Kier molecular flexibility index (Phi) is 3.42. The van der Waals surface area contributed by atoms with Crippen molar-refractivity contribution in [2.75, 3.05) is 0 Å². The average Bonchev–Trinajstić information content (AvgIpc) is 2.87. The summed E-state index contributed by atoms with van der Waals surface area (Å²) in [6, 6.07) is 9.06. The number of aryl methyl sites for hydroxylation is 1. The fourth-order valence-corrected chi connectivity index (χ4v) is 2.15. The second-order valence-electron chi connectivity index (χ2n) is 4.33. The number of aromatic nitrogens is 4. The van der Waals surface area contributed by atoms with Gasteiger partial charge < -0.3 is 4.74 Å². The molecule has 0 radical (unpaired) electrons. The van der Waals surface area contributed by atoms with Crippen molar-refractivity contribution in [3.8, 4) is 11.8 Å². The van der Waals surface area contributed by atoms with Crippen LogP contribution in [0.1, 0.15) is 11.4 Å². The van der Waals surface area contributed by atoms with Crippen LogP contribution in [-0.4, -0.2) is 19.7 Å². The van der Waals surface area contributed by atoms with E-state index in [1.165, 1.54) is 0 Å². The van der Waals surface area contributed by atoms with Gasteiger partial charge in [0.15, 0.2) is 11.5 Å². The van der Waals surface area contributed by atoms with E-state index in [1.807, 2.05) is 0 Å². The van der Waals surface area contributed by atoms with Gasteiger partial charge in [0.2, 0.25) is 0 Å². The molecule has 1 aromatic carbocycles. The summed E-state index contributed by atoms with van der Waals surface area (Å²) in [4.78, 5) is 8.54. The van der Waals surface area contributed by atoms with Gasteiger partial charge in [-0.15, -0.1) is 0 Å². The van der Waals surface area contributed by atoms with Crippen molar-refractivity contribution in [3.05, 3.63) is 47.0 Å². The van der Waals surface area contributed by atoms with Gasteiger partial charge in [-0.3, -0.25) is 4.68 Å². The molecule has 104 valence electrons. The highest BCUT2D eigenvalue weighted by Gasteiger charge is 2.11. The molecule has 2 aromatic heterocycles. The SMILES string of the molecule is Cn1ncc2c(Cl)nc(COc3ccccc3C#N)nc21. The van der Waals surface area contributed by atoms with Crippen LogP contribution >= 0.6 is 11.6 Å². The number of nitriles is 1. The minimum absolute atomic E-state index is 0.125. The topological polar surface area (TPSA) is 76.6 Å². The van der Waals surface area contributed by atoms with Gasteiger partial charge in [-0.2, -0.15) is 10.4 Å². The van der Waals surface area contributed by atoms with Crippen LogP contribution in [0.3, 0.4) is 0 Å². The molecule has 0 saturated heterocycles. The highest BCUT2D eigenvalue weighted by Crippen LogP contribution is 2.21. The first-order valence-electron chi connectivity index (χ1n) is 6.15. The lowest BCUT2D eigenvalue weighted by Gasteiger charge is -2.07. The molecule has 0 saturated carbocycles. The van der Waals surface area contributed by atoms with E-state index in [2.05, 4.69) is 21.1 Å². The quantitative estimate of drug-likeness (QED) is 0.694. The molecular formula is C14H10ClN5O. The van der Waals surface area contributed by atoms with Crippen molar-refractivity contribution in [1.82, 2.24) is 19.7 Å². The van der Waals surface area contributed by atoms with Gasteiger partial charge in [-0.1, -0.05) is 23.7 Å². The predicted octanol–water partition coefficient (Wildman–Crippen LogP) is 2.47. The van der Waals surface area contributed by atoms with Gasteiger partial charge in [-0.05, 0) is 12.1 Å². The number of hydrogen-bond acceptors (Lipinski definition) is 5. The first-order chi connectivity index (χ1) is 10.2. The first kappa shape index (κ1) is 13.3. The van der Waals surface area contributed by atoms with Crippen molar-refractivity contribution in [2.45, 2.75) is 6.61 Å². The molecule has 0 aliphatic heterocycles. The van der Waals surface area contributed by atoms with Gasteiger partial charge in [-0.25, -0.2) is 9.97 Å². The fourth-order valence-electron chi connectivity index (χ4n) is 1.92. The first-order valence-corrected chi connectivity index (χ1v) is 6.53. The Bertz CT molecular complexity index is 852. The van der Waals surface area contributed by atoms with Crippen LogP contribution in [0.15, 0.2) is 30.5 Å². The molecule has 2 heterocycles. The third kappa shape index (κ3) is 2.51. The average molecular weight is 300 g/mol. The van der Waals surface area contributed by atoms with Crippen LogP contribution in [0.25, 0.3) is 11.0 Å². The summed E-state index contributed by atoms with van der Waals surface area (Å²) in [5, 5.41) is 14.1. The minimum Gasteiger partial charge on any atom is -0.484 e. The van der Waals surface area contributed by atoms with Crippen molar-refractivity contribution < 1.29 is 4.74 Å². The van der Waals surface area contributed by atoms with E-state index in [0.29, 0.717) is 33.3 Å². The standard InChI is InChI=1S/C14H10ClN5O/c1-20-14-10(7-17-20)13(15)18-12(19-14)8-21-11-5-3-2-4-9(11)6-16/h2-5,7H,8H2,1H3. The number of benzene rings is 1. The third-order valence-corrected chi connectivity index (χ3v) is 3.24. The molecule has 0 aliphatic carbocycles. The fraction of sp³-hybridized carbons (Fsp3) is 0.143. The zero-order valence-electron chi connectivity index (χ0n) is 11.1. The summed E-state index contributed by atoms with van der Waals surface area (Å²) in [6.07, 6.45) is 1.62. The van der Waals surface area contributed by atoms with Gasteiger partial charge in [0.25, 0.3) is 0 Å². The molecular weight excluding hydrogens is 290 g/mol. The van der Waals surface area contributed by atoms with E-state index >= 15 is 0 Å². The summed E-state index contributed by atoms with van der Waals surface area (Å²) in [5.74, 6) is 0.925. The van der Waals surface area contributed by atoms with Crippen LogP contribution in [-0.2, 0) is 13.7 Å². The maximum atomic E-state index is 9.02. The van der Waals surface area contributed by atoms with E-state index in [-0.39, 0.29) is 6.61 Å². The molecule has 7 heteroatoms. The zero-order chi connectivity index (χ0) is 14.8. The van der Waals surface area contributed by atoms with Crippen LogP contribution < -0.4 is 4.74 Å². The summed E-state index contributed by atoms with van der Waals surface area (Å²) in [6.45, 7) is 0.125. The van der Waals surface area contributed by atoms with E-state index in [0.717, 1.165) is 0 Å². The summed E-state index contributed by atoms with van der Waals surface area (Å²) in [5.41, 5.74) is 1.10. The summed E-state index contributed by atoms with van der Waals surface area (Å²) < 4.78 is 7.22. The molecule has 0 amide bonds. The lowest BCUT2D eigenvalue weighted by molar-refractivity contribution is 0.295. The maximum Gasteiger partial charge on any atom is 0.170 e. The number of ether oxygens (including phenoxy) is 1. The van der Waals surface area contributed by atoms with Crippen molar-refractivity contribution in [3.63, 3.8) is 0 Å². The highest BCUT2D eigenvalue weighted by atomic mass is 35.5. The van der Waals surface area contributed by atoms with Crippen LogP contribution in [0, 0.1) is 11.3 Å². The van der Waals surface area contributed by atoms with Crippen molar-refractivity contribution >= 4 is 22.6 Å². The Hall–Kier alpha value is -2.65. The monoisotopic (exact) mass is 299 g/mol. The number of fused-ring (bicyclic) bond motifs is 1. The van der Waals surface area contributed by atoms with Gasteiger partial charge >= 0.3 is 0 Å². The minimum atomic E-state index is 0.125. The van der Waals surface area contributed by atoms with E-state index in [9.17, 15) is 0 Å². The van der Waals surface area contributed by atoms with Crippen molar-refractivity contribution in [2.24, 2.45) is 7.05 Å². The molecule has 0 atom stereocenters. The Morgan fingerprint density at radius 3 is 2.95 bits per heavy atom. The number of para-hydroxylation sites is 1. The smallest absolute Gasteiger partial charge is 0.170 e. The van der Waals surface area contributed by atoms with Crippen LogP contribution in [0.2, 0.25) is 5.15 Å². The number of halogens is 1. The molecule has 3 aromatic rings. The number of rotatable bonds is 3. The Morgan fingerprint density at radius 1 is 1.33 bits per heavy atom. The molecule has 3 rings (SSSR count). The molecule has 0 fully saturated rings. The van der Waals surface area contributed by atoms with Gasteiger partial charge in [0, 0.05) is 7.05 Å². The Labute approximate surface area is 125 Å². The Balaban J connectivity index is 1.89. The normalized spacial score (nSPS) is 10.5. The highest BCUT2D eigenvalue weighted by molar-refractivity contribution is 6.33. The molecule has 0 N–H and O–H groups in total. The zero-order valence-corrected chi connectivity index (χ0v) is 11.9. The van der Waals surface area contributed by atoms with Crippen molar-refractivity contribution in [1.29, 1.82) is 5.26 Å². The Morgan fingerprint density at radius 2 is 2.14 bits per heavy atom. The number of hydrogen-bond donors (Lipinski definition) is 0. The molecule has 0 bridgehead atoms. The third-order valence-electron chi connectivity index (χ3n) is 2.96.